The lowest BCUT2D eigenvalue weighted by molar-refractivity contribution is -0.144. The van der Waals surface area contributed by atoms with Crippen molar-refractivity contribution >= 4 is 17.6 Å². The smallest absolute Gasteiger partial charge is 0.320 e. The molecule has 1 aromatic heterocycles. The Hall–Kier alpha value is -4.86. The summed E-state index contributed by atoms with van der Waals surface area (Å²) in [6, 6.07) is 19.0. The summed E-state index contributed by atoms with van der Waals surface area (Å²) in [5.41, 5.74) is 5.99. The van der Waals surface area contributed by atoms with Crippen molar-refractivity contribution < 1.29 is 34.0 Å². The van der Waals surface area contributed by atoms with Crippen LogP contribution in [-0.4, -0.2) is 82.0 Å². The van der Waals surface area contributed by atoms with Gasteiger partial charge in [-0.05, 0) is 79.3 Å². The van der Waals surface area contributed by atoms with Crippen LogP contribution in [0.5, 0.6) is 23.0 Å². The molecule has 3 atom stereocenters. The van der Waals surface area contributed by atoms with Gasteiger partial charge in [0.2, 0.25) is 0 Å². The Morgan fingerprint density at radius 2 is 1.89 bits per heavy atom. The minimum Gasteiger partial charge on any atom is -0.488 e. The van der Waals surface area contributed by atoms with E-state index in [2.05, 4.69) is 28.9 Å². The van der Waals surface area contributed by atoms with Crippen molar-refractivity contribution in [2.24, 2.45) is 0 Å². The second-order valence-electron chi connectivity index (χ2n) is 14.3. The Bertz CT molecular complexity index is 2020. The number of fused-ring (bicyclic) bond motifs is 1. The van der Waals surface area contributed by atoms with Gasteiger partial charge in [0, 0.05) is 62.2 Å². The lowest BCUT2D eigenvalue weighted by Crippen LogP contribution is -2.44. The number of halogens is 1. The summed E-state index contributed by atoms with van der Waals surface area (Å²) in [5, 5.41) is 29.5. The van der Waals surface area contributed by atoms with Gasteiger partial charge in [-0.15, -0.1) is 0 Å². The Morgan fingerprint density at radius 3 is 2.70 bits per heavy atom. The summed E-state index contributed by atoms with van der Waals surface area (Å²) in [4.78, 5) is 20.4. The van der Waals surface area contributed by atoms with E-state index in [1.807, 2.05) is 35.2 Å². The minimum absolute atomic E-state index is 0.0610. The molecule has 282 valence electrons. The maximum atomic E-state index is 12.1. The van der Waals surface area contributed by atoms with Crippen LogP contribution in [0.3, 0.4) is 0 Å². The first kappa shape index (κ1) is 37.5. The van der Waals surface area contributed by atoms with Crippen molar-refractivity contribution in [2.75, 3.05) is 32.8 Å². The van der Waals surface area contributed by atoms with Crippen molar-refractivity contribution in [1.29, 1.82) is 5.26 Å². The fourth-order valence-electron chi connectivity index (χ4n) is 7.49. The molecule has 3 aliphatic rings. The van der Waals surface area contributed by atoms with Crippen LogP contribution < -0.4 is 18.9 Å². The topological polar surface area (TPSA) is 138 Å². The molecule has 0 amide bonds. The van der Waals surface area contributed by atoms with Gasteiger partial charge in [0.05, 0.1) is 16.7 Å². The van der Waals surface area contributed by atoms with Crippen molar-refractivity contribution in [2.45, 2.75) is 77.0 Å². The highest BCUT2D eigenvalue weighted by Crippen LogP contribution is 2.39. The zero-order valence-electron chi connectivity index (χ0n) is 30.4. The van der Waals surface area contributed by atoms with Gasteiger partial charge in [0.1, 0.15) is 49.5 Å². The Morgan fingerprint density at radius 1 is 1.02 bits per heavy atom. The van der Waals surface area contributed by atoms with E-state index in [0.29, 0.717) is 54.7 Å². The number of carbonyl (C=O) groups is 1. The number of β-amino-alcohol motifs (C(OH)–C–C–N with tert-alkyl or cyclic N) is 1. The van der Waals surface area contributed by atoms with E-state index in [-0.39, 0.29) is 25.4 Å². The van der Waals surface area contributed by atoms with Crippen molar-refractivity contribution in [3.05, 3.63) is 99.8 Å². The molecule has 0 bridgehead atoms. The molecular formula is C42H45ClN4O7. The molecule has 0 radical (unpaired) electrons. The molecule has 2 unspecified atom stereocenters. The van der Waals surface area contributed by atoms with E-state index in [1.54, 1.807) is 24.4 Å². The van der Waals surface area contributed by atoms with Gasteiger partial charge >= 0.3 is 5.97 Å². The normalized spacial score (nSPS) is 20.0. The number of benzene rings is 3. The lowest BCUT2D eigenvalue weighted by Gasteiger charge is -2.33. The van der Waals surface area contributed by atoms with Crippen molar-refractivity contribution in [3.8, 4) is 40.2 Å². The number of nitrogens with zero attached hydrogens (tertiary/aromatic N) is 4. The third-order valence-electron chi connectivity index (χ3n) is 10.5. The Balaban J connectivity index is 1.07. The predicted molar refractivity (Wildman–Crippen MR) is 203 cm³/mol. The Kier molecular flexibility index (Phi) is 11.8. The quantitative estimate of drug-likeness (QED) is 0.150. The molecule has 2 fully saturated rings. The summed E-state index contributed by atoms with van der Waals surface area (Å²) in [7, 11) is 0. The molecular weight excluding hydrogens is 708 g/mol. The number of carboxylic acid groups (broad SMARTS) is 1. The van der Waals surface area contributed by atoms with Gasteiger partial charge in [-0.25, -0.2) is 0 Å². The monoisotopic (exact) mass is 752 g/mol. The number of hydrogen-bond donors (Lipinski definition) is 2. The fraction of sp³-hybridized carbons (Fsp3) is 0.405. The van der Waals surface area contributed by atoms with E-state index in [1.165, 1.54) is 6.20 Å². The molecule has 12 heteroatoms. The third-order valence-corrected chi connectivity index (χ3v) is 10.8. The molecule has 7 rings (SSSR count). The maximum absolute atomic E-state index is 12.1. The highest BCUT2D eigenvalue weighted by atomic mass is 35.5. The minimum atomic E-state index is -0.837. The van der Waals surface area contributed by atoms with Gasteiger partial charge in [-0.3, -0.25) is 14.7 Å². The van der Waals surface area contributed by atoms with Gasteiger partial charge in [0.25, 0.3) is 0 Å². The number of nitriles is 1. The molecule has 0 aliphatic carbocycles. The number of piperidine rings is 1. The summed E-state index contributed by atoms with van der Waals surface area (Å²) < 4.78 is 25.1. The molecule has 4 heterocycles. The summed E-state index contributed by atoms with van der Waals surface area (Å²) >= 11 is 6.85. The average molecular weight is 753 g/mol. The van der Waals surface area contributed by atoms with Crippen molar-refractivity contribution in [1.82, 2.24) is 14.8 Å². The molecule has 0 saturated carbocycles. The van der Waals surface area contributed by atoms with Gasteiger partial charge < -0.3 is 34.1 Å². The second kappa shape index (κ2) is 17.1. The number of pyridine rings is 1. The molecule has 0 spiro atoms. The standard InChI is InChI=1S/C42H45ClN4O7/c1-27-31(5-4-6-35(27)30-8-9-38-41(17-30)54-34(26-53-38)11-14-46-13-10-33(48)23-46)25-52-40-18-39(51-24-29-15-28(19-44)20-45-21-29)32(16-36(40)43)22-47-12-3-2-7-37(47)42(49)50/h4-6,8-9,15-18,20-21,33-34,37,48H,2-3,7,10-14,22-26H2,1H3,(H,49,50)/t33?,34?,37-/m0/s1. The summed E-state index contributed by atoms with van der Waals surface area (Å²) in [6.07, 6.45) is 6.86. The first-order chi connectivity index (χ1) is 26.2. The number of aliphatic hydroxyl groups excluding tert-OH is 1. The van der Waals surface area contributed by atoms with Gasteiger partial charge in [0.15, 0.2) is 11.5 Å². The number of ether oxygens (including phenoxy) is 4. The van der Waals surface area contributed by atoms with E-state index < -0.39 is 12.0 Å². The Labute approximate surface area is 320 Å². The van der Waals surface area contributed by atoms with Crippen LogP contribution in [0.25, 0.3) is 11.1 Å². The van der Waals surface area contributed by atoms with Crippen LogP contribution in [0.4, 0.5) is 0 Å². The number of aliphatic carboxylic acids is 1. The largest absolute Gasteiger partial charge is 0.488 e. The predicted octanol–water partition coefficient (Wildman–Crippen LogP) is 6.78. The number of rotatable bonds is 13. The number of carboxylic acids is 1. The summed E-state index contributed by atoms with van der Waals surface area (Å²) in [5.74, 6) is 1.57. The van der Waals surface area contributed by atoms with E-state index in [4.69, 9.17) is 30.5 Å². The number of hydrogen-bond acceptors (Lipinski definition) is 10. The first-order valence-electron chi connectivity index (χ1n) is 18.6. The molecule has 3 aliphatic heterocycles. The number of aromatic nitrogens is 1. The lowest BCUT2D eigenvalue weighted by atomic mass is 9.96. The van der Waals surface area contributed by atoms with Crippen LogP contribution >= 0.6 is 11.6 Å². The SMILES string of the molecule is Cc1c(COc2cc(OCc3cncc(C#N)c3)c(CN3CCCC[C@H]3C(=O)O)cc2Cl)cccc1-c1ccc2c(c1)OC(CCN1CCC(O)C1)CO2. The number of likely N-dealkylation sites (tertiary alicyclic amines) is 2. The maximum Gasteiger partial charge on any atom is 0.320 e. The van der Waals surface area contributed by atoms with Crippen LogP contribution in [0.1, 0.15) is 59.9 Å². The molecule has 4 aromatic rings. The highest BCUT2D eigenvalue weighted by molar-refractivity contribution is 6.32. The highest BCUT2D eigenvalue weighted by Gasteiger charge is 2.30. The zero-order valence-corrected chi connectivity index (χ0v) is 31.1. The second-order valence-corrected chi connectivity index (χ2v) is 14.7. The molecule has 3 aromatic carbocycles. The van der Waals surface area contributed by atoms with Crippen LogP contribution in [0.2, 0.25) is 5.02 Å². The van der Waals surface area contributed by atoms with E-state index in [9.17, 15) is 20.3 Å². The molecule has 2 saturated heterocycles. The van der Waals surface area contributed by atoms with E-state index in [0.717, 1.165) is 83.7 Å². The van der Waals surface area contributed by atoms with E-state index >= 15 is 0 Å². The van der Waals surface area contributed by atoms with Crippen LogP contribution in [-0.2, 0) is 24.6 Å². The fourth-order valence-corrected chi connectivity index (χ4v) is 7.73. The average Bonchev–Trinajstić information content (AvgIpc) is 3.61. The van der Waals surface area contributed by atoms with Gasteiger partial charge in [-0.1, -0.05) is 42.3 Å². The molecule has 54 heavy (non-hydrogen) atoms. The zero-order chi connectivity index (χ0) is 37.6. The van der Waals surface area contributed by atoms with Crippen LogP contribution in [0.15, 0.2) is 67.0 Å². The van der Waals surface area contributed by atoms with Gasteiger partial charge in [-0.2, -0.15) is 5.26 Å². The third kappa shape index (κ3) is 8.91. The molecule has 11 nitrogen and oxygen atoms in total. The van der Waals surface area contributed by atoms with Crippen LogP contribution in [0, 0.1) is 18.3 Å². The summed E-state index contributed by atoms with van der Waals surface area (Å²) in [6.45, 7) is 6.45. The molecule has 2 N–H and O–H groups in total. The number of aliphatic hydroxyl groups is 1. The van der Waals surface area contributed by atoms with Crippen molar-refractivity contribution in [3.63, 3.8) is 0 Å². The first-order valence-corrected chi connectivity index (χ1v) is 18.9.